The largest absolute Gasteiger partial charge is 0.389 e. The predicted molar refractivity (Wildman–Crippen MR) is 81.5 cm³/mol. The van der Waals surface area contributed by atoms with Crippen molar-refractivity contribution in [3.63, 3.8) is 0 Å². The van der Waals surface area contributed by atoms with E-state index in [9.17, 15) is 0 Å². The number of hydrogen-bond donors (Lipinski definition) is 1. The molecule has 1 saturated carbocycles. The van der Waals surface area contributed by atoms with Crippen molar-refractivity contribution in [2.45, 2.75) is 12.8 Å². The summed E-state index contributed by atoms with van der Waals surface area (Å²) in [6.07, 6.45) is 4.66. The van der Waals surface area contributed by atoms with E-state index in [1.54, 1.807) is 0 Å². The summed E-state index contributed by atoms with van der Waals surface area (Å²) < 4.78 is 0. The van der Waals surface area contributed by atoms with Crippen molar-refractivity contribution in [3.8, 4) is 0 Å². The number of nitrogens with zero attached hydrogens (tertiary/aromatic N) is 3. The third-order valence-electron chi connectivity index (χ3n) is 3.94. The lowest BCUT2D eigenvalue weighted by Gasteiger charge is -2.36. The van der Waals surface area contributed by atoms with Crippen LogP contribution >= 0.6 is 12.2 Å². The number of rotatable bonds is 4. The van der Waals surface area contributed by atoms with Gasteiger partial charge in [-0.2, -0.15) is 0 Å². The number of thiocarbonyl (C=S) groups is 1. The van der Waals surface area contributed by atoms with Crippen molar-refractivity contribution in [2.24, 2.45) is 11.7 Å². The summed E-state index contributed by atoms with van der Waals surface area (Å²) in [5.41, 5.74) is 6.67. The molecule has 0 radical (unpaired) electrons. The number of nitrogens with two attached hydrogens (primary N) is 1. The van der Waals surface area contributed by atoms with E-state index in [1.807, 2.05) is 18.3 Å². The van der Waals surface area contributed by atoms with Gasteiger partial charge < -0.3 is 10.6 Å². The molecule has 1 saturated heterocycles. The molecule has 5 heteroatoms. The van der Waals surface area contributed by atoms with Crippen LogP contribution < -0.4 is 10.6 Å². The monoisotopic (exact) mass is 276 g/mol. The zero-order valence-corrected chi connectivity index (χ0v) is 11.9. The maximum absolute atomic E-state index is 5.78. The zero-order valence-electron chi connectivity index (χ0n) is 11.1. The Morgan fingerprint density at radius 1 is 1.32 bits per heavy atom. The first-order valence-corrected chi connectivity index (χ1v) is 7.37. The maximum atomic E-state index is 5.78. The fourth-order valence-electron chi connectivity index (χ4n) is 2.65. The topological polar surface area (TPSA) is 45.4 Å². The second-order valence-electron chi connectivity index (χ2n) is 5.47. The molecule has 1 aliphatic carbocycles. The molecule has 19 heavy (non-hydrogen) atoms. The highest BCUT2D eigenvalue weighted by atomic mass is 32.1. The average Bonchev–Trinajstić information content (AvgIpc) is 3.23. The second-order valence-corrected chi connectivity index (χ2v) is 5.91. The summed E-state index contributed by atoms with van der Waals surface area (Å²) in [5.74, 6) is 1.91. The smallest absolute Gasteiger partial charge is 0.138 e. The molecule has 1 aromatic rings. The van der Waals surface area contributed by atoms with Gasteiger partial charge in [-0.1, -0.05) is 12.2 Å². The van der Waals surface area contributed by atoms with Gasteiger partial charge in [-0.15, -0.1) is 0 Å². The minimum Gasteiger partial charge on any atom is -0.389 e. The Morgan fingerprint density at radius 3 is 2.68 bits per heavy atom. The molecule has 0 unspecified atom stereocenters. The third kappa shape index (κ3) is 3.04. The molecule has 0 aromatic carbocycles. The molecule has 0 spiro atoms. The maximum Gasteiger partial charge on any atom is 0.138 e. The van der Waals surface area contributed by atoms with Crippen molar-refractivity contribution in [3.05, 3.63) is 23.9 Å². The summed E-state index contributed by atoms with van der Waals surface area (Å²) in [7, 11) is 0. The molecule has 0 amide bonds. The molecule has 2 fully saturated rings. The molecular weight excluding hydrogens is 256 g/mol. The van der Waals surface area contributed by atoms with Crippen LogP contribution in [0.15, 0.2) is 18.3 Å². The Bertz CT molecular complexity index is 464. The molecule has 0 bridgehead atoms. The van der Waals surface area contributed by atoms with Gasteiger partial charge >= 0.3 is 0 Å². The summed E-state index contributed by atoms with van der Waals surface area (Å²) in [6, 6.07) is 3.85. The van der Waals surface area contributed by atoms with E-state index in [0.29, 0.717) is 4.99 Å². The first kappa shape index (κ1) is 12.8. The van der Waals surface area contributed by atoms with Crippen molar-refractivity contribution < 1.29 is 0 Å². The highest BCUT2D eigenvalue weighted by Crippen LogP contribution is 2.30. The lowest BCUT2D eigenvalue weighted by atomic mass is 10.2. The third-order valence-corrected chi connectivity index (χ3v) is 4.16. The van der Waals surface area contributed by atoms with Gasteiger partial charge in [0.1, 0.15) is 10.8 Å². The van der Waals surface area contributed by atoms with Crippen LogP contribution in [0.25, 0.3) is 0 Å². The van der Waals surface area contributed by atoms with E-state index in [-0.39, 0.29) is 0 Å². The lowest BCUT2D eigenvalue weighted by molar-refractivity contribution is 0.247. The van der Waals surface area contributed by atoms with E-state index < -0.39 is 0 Å². The molecule has 0 atom stereocenters. The Kier molecular flexibility index (Phi) is 3.66. The van der Waals surface area contributed by atoms with E-state index in [2.05, 4.69) is 14.8 Å². The SMILES string of the molecule is NC(=S)c1cccnc1N1CCN(CC2CC2)CC1. The predicted octanol–water partition coefficient (Wildman–Crippen LogP) is 1.25. The molecule has 2 aliphatic rings. The Morgan fingerprint density at radius 2 is 2.05 bits per heavy atom. The van der Waals surface area contributed by atoms with E-state index in [1.165, 1.54) is 19.4 Å². The normalized spacial score (nSPS) is 20.5. The van der Waals surface area contributed by atoms with Gasteiger partial charge in [-0.05, 0) is 30.9 Å². The van der Waals surface area contributed by atoms with Crippen LogP contribution in [-0.2, 0) is 0 Å². The molecule has 2 heterocycles. The van der Waals surface area contributed by atoms with Crippen molar-refractivity contribution in [1.82, 2.24) is 9.88 Å². The van der Waals surface area contributed by atoms with Gasteiger partial charge in [0.15, 0.2) is 0 Å². The van der Waals surface area contributed by atoms with Crippen molar-refractivity contribution in [1.29, 1.82) is 0 Å². The Labute approximate surface area is 119 Å². The first-order valence-electron chi connectivity index (χ1n) is 6.96. The Hall–Kier alpha value is -1.20. The lowest BCUT2D eigenvalue weighted by Crippen LogP contribution is -2.47. The van der Waals surface area contributed by atoms with Crippen LogP contribution in [0.1, 0.15) is 18.4 Å². The highest BCUT2D eigenvalue weighted by molar-refractivity contribution is 7.80. The van der Waals surface area contributed by atoms with Crippen LogP contribution in [0.3, 0.4) is 0 Å². The van der Waals surface area contributed by atoms with Crippen LogP contribution in [0.5, 0.6) is 0 Å². The number of hydrogen-bond acceptors (Lipinski definition) is 4. The number of piperazine rings is 1. The summed E-state index contributed by atoms with van der Waals surface area (Å²) in [5, 5.41) is 0. The molecule has 4 nitrogen and oxygen atoms in total. The van der Waals surface area contributed by atoms with Gasteiger partial charge in [0.2, 0.25) is 0 Å². The molecule has 1 aliphatic heterocycles. The van der Waals surface area contributed by atoms with Gasteiger partial charge in [0.25, 0.3) is 0 Å². The first-order chi connectivity index (χ1) is 9.24. The van der Waals surface area contributed by atoms with E-state index >= 15 is 0 Å². The average molecular weight is 276 g/mol. The van der Waals surface area contributed by atoms with Crippen LogP contribution in [0.2, 0.25) is 0 Å². The Balaban J connectivity index is 1.65. The standard InChI is InChI=1S/C14H20N4S/c15-13(19)12-2-1-5-16-14(12)18-8-6-17(7-9-18)10-11-3-4-11/h1-2,5,11H,3-4,6-10H2,(H2,15,19). The van der Waals surface area contributed by atoms with Gasteiger partial charge in [0, 0.05) is 38.9 Å². The second kappa shape index (κ2) is 5.43. The fourth-order valence-corrected chi connectivity index (χ4v) is 2.81. The molecule has 102 valence electrons. The van der Waals surface area contributed by atoms with E-state index in [4.69, 9.17) is 18.0 Å². The zero-order chi connectivity index (χ0) is 13.2. The highest BCUT2D eigenvalue weighted by Gasteiger charge is 2.27. The van der Waals surface area contributed by atoms with Crippen LogP contribution in [0, 0.1) is 5.92 Å². The quantitative estimate of drug-likeness (QED) is 0.839. The van der Waals surface area contributed by atoms with E-state index in [0.717, 1.165) is 43.5 Å². The molecular formula is C14H20N4S. The summed E-state index contributed by atoms with van der Waals surface area (Å²) in [4.78, 5) is 9.77. The van der Waals surface area contributed by atoms with Crippen molar-refractivity contribution >= 4 is 23.0 Å². The summed E-state index contributed by atoms with van der Waals surface area (Å²) >= 11 is 5.11. The van der Waals surface area contributed by atoms with Gasteiger partial charge in [-0.3, -0.25) is 4.90 Å². The minimum absolute atomic E-state index is 0.434. The fraction of sp³-hybridized carbons (Fsp3) is 0.571. The number of aromatic nitrogens is 1. The van der Waals surface area contributed by atoms with Crippen molar-refractivity contribution in [2.75, 3.05) is 37.6 Å². The minimum atomic E-state index is 0.434. The molecule has 2 N–H and O–H groups in total. The number of pyridine rings is 1. The number of anilines is 1. The van der Waals surface area contributed by atoms with Crippen LogP contribution in [0.4, 0.5) is 5.82 Å². The molecule has 1 aromatic heterocycles. The molecule has 3 rings (SSSR count). The van der Waals surface area contributed by atoms with Gasteiger partial charge in [-0.25, -0.2) is 4.98 Å². The van der Waals surface area contributed by atoms with Gasteiger partial charge in [0.05, 0.1) is 5.56 Å². The summed E-state index contributed by atoms with van der Waals surface area (Å²) in [6.45, 7) is 5.53. The van der Waals surface area contributed by atoms with Crippen LogP contribution in [-0.4, -0.2) is 47.6 Å².